The number of rotatable bonds is 5. The molecule has 5 nitrogen and oxygen atoms in total. The van der Waals surface area contributed by atoms with Crippen molar-refractivity contribution in [3.05, 3.63) is 63.7 Å². The van der Waals surface area contributed by atoms with Gasteiger partial charge in [0, 0.05) is 35.4 Å². The third-order valence-electron chi connectivity index (χ3n) is 4.04. The Kier molecular flexibility index (Phi) is 6.66. The summed E-state index contributed by atoms with van der Waals surface area (Å²) in [4.78, 5) is 14.4. The van der Waals surface area contributed by atoms with E-state index in [0.717, 1.165) is 28.9 Å². The van der Waals surface area contributed by atoms with E-state index in [1.54, 1.807) is 0 Å². The molecule has 2 amide bonds. The van der Waals surface area contributed by atoms with Gasteiger partial charge in [0.2, 0.25) is 0 Å². The molecular formula is C19H22IN3O2. The number of hydrogen-bond acceptors (Lipinski definition) is 3. The zero-order valence-corrected chi connectivity index (χ0v) is 16.1. The third-order valence-corrected chi connectivity index (χ3v) is 4.72. The van der Waals surface area contributed by atoms with Gasteiger partial charge in [-0.05, 0) is 46.4 Å². The molecule has 1 heterocycles. The predicted molar refractivity (Wildman–Crippen MR) is 108 cm³/mol. The minimum atomic E-state index is -0.203. The number of morpholine rings is 1. The summed E-state index contributed by atoms with van der Waals surface area (Å²) in [6.45, 7) is 3.84. The molecule has 0 spiro atoms. The van der Waals surface area contributed by atoms with Crippen LogP contribution in [0, 0.1) is 3.57 Å². The molecule has 0 aromatic heterocycles. The summed E-state index contributed by atoms with van der Waals surface area (Å²) >= 11 is 2.22. The van der Waals surface area contributed by atoms with E-state index in [2.05, 4.69) is 62.4 Å². The van der Waals surface area contributed by atoms with E-state index in [9.17, 15) is 4.79 Å². The van der Waals surface area contributed by atoms with Crippen LogP contribution in [-0.2, 0) is 11.3 Å². The first-order chi connectivity index (χ1) is 12.2. The number of carbonyl (C=O) groups is 1. The van der Waals surface area contributed by atoms with E-state index >= 15 is 0 Å². The van der Waals surface area contributed by atoms with E-state index in [4.69, 9.17) is 4.74 Å². The normalized spacial score (nSPS) is 17.9. The summed E-state index contributed by atoms with van der Waals surface area (Å²) in [5, 5.41) is 5.75. The van der Waals surface area contributed by atoms with Crippen LogP contribution in [0.4, 0.5) is 10.5 Å². The number of amides is 2. The number of hydrogen-bond donors (Lipinski definition) is 2. The van der Waals surface area contributed by atoms with Gasteiger partial charge in [0.05, 0.1) is 12.7 Å². The molecule has 1 aliphatic rings. The first-order valence-electron chi connectivity index (χ1n) is 8.37. The fourth-order valence-electron chi connectivity index (χ4n) is 2.84. The maximum atomic E-state index is 12.0. The number of urea groups is 1. The second kappa shape index (κ2) is 9.17. The second-order valence-corrected chi connectivity index (χ2v) is 7.30. The van der Waals surface area contributed by atoms with Crippen molar-refractivity contribution in [1.82, 2.24) is 10.2 Å². The molecule has 1 aliphatic heterocycles. The SMILES string of the molecule is O=C(NCC1CN(Cc2ccccc2)CCO1)Nc1cccc(I)c1. The van der Waals surface area contributed by atoms with Gasteiger partial charge < -0.3 is 15.4 Å². The first-order valence-corrected chi connectivity index (χ1v) is 9.45. The van der Waals surface area contributed by atoms with Crippen molar-refractivity contribution in [3.8, 4) is 0 Å². The van der Waals surface area contributed by atoms with Crippen molar-refractivity contribution in [2.24, 2.45) is 0 Å². The van der Waals surface area contributed by atoms with Crippen LogP contribution >= 0.6 is 22.6 Å². The molecule has 0 aliphatic carbocycles. The second-order valence-electron chi connectivity index (χ2n) is 6.06. The lowest BCUT2D eigenvalue weighted by Crippen LogP contribution is -2.47. The topological polar surface area (TPSA) is 53.6 Å². The predicted octanol–water partition coefficient (Wildman–Crippen LogP) is 3.31. The lowest BCUT2D eigenvalue weighted by atomic mass is 10.2. The lowest BCUT2D eigenvalue weighted by Gasteiger charge is -2.33. The molecule has 0 radical (unpaired) electrons. The zero-order chi connectivity index (χ0) is 17.5. The Labute approximate surface area is 161 Å². The highest BCUT2D eigenvalue weighted by Crippen LogP contribution is 2.12. The molecule has 1 saturated heterocycles. The largest absolute Gasteiger partial charge is 0.374 e. The molecule has 25 heavy (non-hydrogen) atoms. The number of nitrogens with one attached hydrogen (secondary N) is 2. The highest BCUT2D eigenvalue weighted by atomic mass is 127. The molecule has 3 rings (SSSR count). The van der Waals surface area contributed by atoms with Crippen LogP contribution in [0.2, 0.25) is 0 Å². The Morgan fingerprint density at radius 3 is 2.84 bits per heavy atom. The summed E-state index contributed by atoms with van der Waals surface area (Å²) in [7, 11) is 0. The quantitative estimate of drug-likeness (QED) is 0.687. The summed E-state index contributed by atoms with van der Waals surface area (Å²) in [6.07, 6.45) is 0.0131. The van der Waals surface area contributed by atoms with Crippen LogP contribution in [0.3, 0.4) is 0 Å². The fourth-order valence-corrected chi connectivity index (χ4v) is 3.38. The Morgan fingerprint density at radius 2 is 2.04 bits per heavy atom. The van der Waals surface area contributed by atoms with Gasteiger partial charge >= 0.3 is 6.03 Å². The average Bonchev–Trinajstić information content (AvgIpc) is 2.61. The molecule has 2 aromatic rings. The maximum Gasteiger partial charge on any atom is 0.319 e. The zero-order valence-electron chi connectivity index (χ0n) is 14.0. The van der Waals surface area contributed by atoms with Crippen LogP contribution in [0.1, 0.15) is 5.56 Å². The van der Waals surface area contributed by atoms with Gasteiger partial charge in [-0.15, -0.1) is 0 Å². The summed E-state index contributed by atoms with van der Waals surface area (Å²) in [5.74, 6) is 0. The van der Waals surface area contributed by atoms with Gasteiger partial charge in [-0.1, -0.05) is 36.4 Å². The Balaban J connectivity index is 1.44. The molecular weight excluding hydrogens is 429 g/mol. The summed E-state index contributed by atoms with van der Waals surface area (Å²) < 4.78 is 6.87. The maximum absolute atomic E-state index is 12.0. The van der Waals surface area contributed by atoms with E-state index in [-0.39, 0.29) is 12.1 Å². The molecule has 6 heteroatoms. The van der Waals surface area contributed by atoms with Crippen molar-refractivity contribution in [3.63, 3.8) is 0 Å². The van der Waals surface area contributed by atoms with E-state index in [0.29, 0.717) is 13.2 Å². The van der Waals surface area contributed by atoms with Gasteiger partial charge in [-0.2, -0.15) is 0 Å². The van der Waals surface area contributed by atoms with E-state index < -0.39 is 0 Å². The molecule has 2 aromatic carbocycles. The molecule has 0 bridgehead atoms. The first kappa shape index (κ1) is 18.2. The highest BCUT2D eigenvalue weighted by molar-refractivity contribution is 14.1. The smallest absolute Gasteiger partial charge is 0.319 e. The van der Waals surface area contributed by atoms with Gasteiger partial charge in [0.1, 0.15) is 0 Å². The van der Waals surface area contributed by atoms with Crippen LogP contribution in [0.25, 0.3) is 0 Å². The summed E-state index contributed by atoms with van der Waals surface area (Å²) in [6, 6.07) is 17.9. The van der Waals surface area contributed by atoms with Crippen LogP contribution < -0.4 is 10.6 Å². The minimum Gasteiger partial charge on any atom is -0.374 e. The van der Waals surface area contributed by atoms with E-state index in [1.165, 1.54) is 5.56 Å². The van der Waals surface area contributed by atoms with Crippen molar-refractivity contribution in [2.75, 3.05) is 31.6 Å². The number of carbonyl (C=O) groups excluding carboxylic acids is 1. The number of anilines is 1. The third kappa shape index (κ3) is 5.98. The Morgan fingerprint density at radius 1 is 1.20 bits per heavy atom. The lowest BCUT2D eigenvalue weighted by molar-refractivity contribution is -0.0285. The number of halogens is 1. The Bertz CT molecular complexity index is 696. The molecule has 2 N–H and O–H groups in total. The average molecular weight is 451 g/mol. The highest BCUT2D eigenvalue weighted by Gasteiger charge is 2.21. The van der Waals surface area contributed by atoms with E-state index in [1.807, 2.05) is 30.3 Å². The fraction of sp³-hybridized carbons (Fsp3) is 0.316. The van der Waals surface area contributed by atoms with Gasteiger partial charge in [-0.25, -0.2) is 4.79 Å². The molecule has 1 fully saturated rings. The monoisotopic (exact) mass is 451 g/mol. The van der Waals surface area contributed by atoms with Crippen LogP contribution in [0.15, 0.2) is 54.6 Å². The van der Waals surface area contributed by atoms with Crippen molar-refractivity contribution < 1.29 is 9.53 Å². The number of nitrogens with zero attached hydrogens (tertiary/aromatic N) is 1. The summed E-state index contributed by atoms with van der Waals surface area (Å²) in [5.41, 5.74) is 2.09. The van der Waals surface area contributed by atoms with Crippen LogP contribution in [-0.4, -0.2) is 43.3 Å². The van der Waals surface area contributed by atoms with Crippen molar-refractivity contribution in [2.45, 2.75) is 12.6 Å². The number of benzene rings is 2. The molecule has 1 atom stereocenters. The molecule has 0 saturated carbocycles. The molecule has 132 valence electrons. The van der Waals surface area contributed by atoms with Gasteiger partial charge in [-0.3, -0.25) is 4.90 Å². The van der Waals surface area contributed by atoms with Crippen molar-refractivity contribution in [1.29, 1.82) is 0 Å². The minimum absolute atomic E-state index is 0.0131. The number of ether oxygens (including phenoxy) is 1. The van der Waals surface area contributed by atoms with Crippen LogP contribution in [0.5, 0.6) is 0 Å². The Hall–Kier alpha value is -1.64. The van der Waals surface area contributed by atoms with Gasteiger partial charge in [0.15, 0.2) is 0 Å². The van der Waals surface area contributed by atoms with Crippen molar-refractivity contribution >= 4 is 34.3 Å². The molecule has 1 unspecified atom stereocenters. The standard InChI is InChI=1S/C19H22IN3O2/c20-16-7-4-8-17(11-16)22-19(24)21-12-18-14-23(9-10-25-18)13-15-5-2-1-3-6-15/h1-8,11,18H,9-10,12-14H2,(H2,21,22,24). The van der Waals surface area contributed by atoms with Gasteiger partial charge in [0.25, 0.3) is 0 Å².